The van der Waals surface area contributed by atoms with Crippen LogP contribution in [-0.4, -0.2) is 32.7 Å². The quantitative estimate of drug-likeness (QED) is 0.414. The number of hydrogen-bond donors (Lipinski definition) is 0. The number of aryl methyl sites for hydroxylation is 1. The zero-order valence-corrected chi connectivity index (χ0v) is 18.0. The minimum atomic E-state index is -0.0896. The molecule has 0 atom stereocenters. The van der Waals surface area contributed by atoms with Gasteiger partial charge >= 0.3 is 0 Å². The van der Waals surface area contributed by atoms with E-state index in [4.69, 9.17) is 4.42 Å². The standard InChI is InChI=1S/C22H23N5O2S/c1-4-26(5-2)18-11-9-16(10-12-18)21-24-25-22(29-21)30-14-17-13-20(28)27-15(3)7-6-8-19(27)23-17/h6-13H,4-5,14H2,1-3H3. The zero-order chi connectivity index (χ0) is 21.1. The third-order valence-electron chi connectivity index (χ3n) is 4.93. The lowest BCUT2D eigenvalue weighted by Gasteiger charge is -2.20. The number of fused-ring (bicyclic) bond motifs is 1. The maximum absolute atomic E-state index is 12.4. The average molecular weight is 422 g/mol. The van der Waals surface area contributed by atoms with Gasteiger partial charge in [0.25, 0.3) is 10.8 Å². The van der Waals surface area contributed by atoms with Crippen molar-refractivity contribution in [1.82, 2.24) is 19.6 Å². The highest BCUT2D eigenvalue weighted by atomic mass is 32.2. The Morgan fingerprint density at radius 3 is 2.57 bits per heavy atom. The molecule has 3 heterocycles. The highest BCUT2D eigenvalue weighted by Crippen LogP contribution is 2.26. The van der Waals surface area contributed by atoms with E-state index in [1.165, 1.54) is 17.4 Å². The number of thioether (sulfide) groups is 1. The van der Waals surface area contributed by atoms with E-state index in [1.807, 2.05) is 37.3 Å². The van der Waals surface area contributed by atoms with Gasteiger partial charge in [-0.25, -0.2) is 4.98 Å². The predicted molar refractivity (Wildman–Crippen MR) is 119 cm³/mol. The molecule has 0 fully saturated rings. The van der Waals surface area contributed by atoms with Gasteiger partial charge in [-0.3, -0.25) is 9.20 Å². The highest BCUT2D eigenvalue weighted by Gasteiger charge is 2.12. The third-order valence-corrected chi connectivity index (χ3v) is 5.78. The molecule has 1 aromatic carbocycles. The monoisotopic (exact) mass is 421 g/mol. The van der Waals surface area contributed by atoms with Gasteiger partial charge in [0, 0.05) is 41.9 Å². The fourth-order valence-corrected chi connectivity index (χ4v) is 4.02. The van der Waals surface area contributed by atoms with Crippen molar-refractivity contribution in [2.45, 2.75) is 31.7 Å². The van der Waals surface area contributed by atoms with Gasteiger partial charge in [0.05, 0.1) is 5.69 Å². The number of pyridine rings is 1. The number of benzene rings is 1. The molecule has 4 rings (SSSR count). The fraction of sp³-hybridized carbons (Fsp3) is 0.273. The molecule has 4 aromatic rings. The summed E-state index contributed by atoms with van der Waals surface area (Å²) in [5, 5.41) is 8.72. The molecule has 0 spiro atoms. The smallest absolute Gasteiger partial charge is 0.277 e. The summed E-state index contributed by atoms with van der Waals surface area (Å²) < 4.78 is 7.40. The maximum atomic E-state index is 12.4. The second-order valence-electron chi connectivity index (χ2n) is 6.83. The van der Waals surface area contributed by atoms with Crippen LogP contribution in [0, 0.1) is 6.92 Å². The van der Waals surface area contributed by atoms with E-state index in [1.54, 1.807) is 10.5 Å². The van der Waals surface area contributed by atoms with Crippen molar-refractivity contribution >= 4 is 23.1 Å². The van der Waals surface area contributed by atoms with Crippen molar-refractivity contribution in [3.05, 3.63) is 70.3 Å². The van der Waals surface area contributed by atoms with Crippen LogP contribution in [0.25, 0.3) is 17.1 Å². The zero-order valence-electron chi connectivity index (χ0n) is 17.2. The number of nitrogens with zero attached hydrogens (tertiary/aromatic N) is 5. The molecule has 30 heavy (non-hydrogen) atoms. The van der Waals surface area contributed by atoms with E-state index in [0.717, 1.165) is 24.3 Å². The first-order valence-electron chi connectivity index (χ1n) is 9.89. The Labute approximate surface area is 178 Å². The summed E-state index contributed by atoms with van der Waals surface area (Å²) in [6.45, 7) is 8.09. The number of rotatable bonds is 7. The first-order chi connectivity index (χ1) is 14.6. The molecule has 0 aliphatic heterocycles. The largest absolute Gasteiger partial charge is 0.411 e. The van der Waals surface area contributed by atoms with Gasteiger partial charge < -0.3 is 9.32 Å². The first kappa shape index (κ1) is 20.2. The lowest BCUT2D eigenvalue weighted by Crippen LogP contribution is -2.21. The molecule has 0 aliphatic carbocycles. The Hall–Kier alpha value is -3.13. The van der Waals surface area contributed by atoms with Crippen LogP contribution in [-0.2, 0) is 5.75 Å². The van der Waals surface area contributed by atoms with Gasteiger partial charge in [-0.15, -0.1) is 10.2 Å². The molecule has 0 N–H and O–H groups in total. The molecule has 8 heteroatoms. The van der Waals surface area contributed by atoms with Gasteiger partial charge in [-0.05, 0) is 57.2 Å². The van der Waals surface area contributed by atoms with Gasteiger partial charge in [0.15, 0.2) is 0 Å². The van der Waals surface area contributed by atoms with Crippen molar-refractivity contribution in [3.8, 4) is 11.5 Å². The molecule has 154 valence electrons. The van der Waals surface area contributed by atoms with Crippen LogP contribution in [0.1, 0.15) is 25.2 Å². The molecule has 0 saturated carbocycles. The molecule has 7 nitrogen and oxygen atoms in total. The van der Waals surface area contributed by atoms with Crippen LogP contribution < -0.4 is 10.5 Å². The Bertz CT molecular complexity index is 1210. The van der Waals surface area contributed by atoms with Crippen LogP contribution >= 0.6 is 11.8 Å². The van der Waals surface area contributed by atoms with Crippen molar-refractivity contribution in [3.63, 3.8) is 0 Å². The third kappa shape index (κ3) is 4.09. The van der Waals surface area contributed by atoms with Crippen LogP contribution in [0.2, 0.25) is 0 Å². The summed E-state index contributed by atoms with van der Waals surface area (Å²) in [5.41, 5.74) is 4.13. The van der Waals surface area contributed by atoms with Crippen molar-refractivity contribution in [2.75, 3.05) is 18.0 Å². The van der Waals surface area contributed by atoms with Crippen LogP contribution in [0.4, 0.5) is 5.69 Å². The predicted octanol–water partition coefficient (Wildman–Crippen LogP) is 4.19. The van der Waals surface area contributed by atoms with Gasteiger partial charge in [0.2, 0.25) is 5.89 Å². The summed E-state index contributed by atoms with van der Waals surface area (Å²) in [4.78, 5) is 19.2. The van der Waals surface area contributed by atoms with Gasteiger partial charge in [0.1, 0.15) is 5.65 Å². The Morgan fingerprint density at radius 2 is 1.83 bits per heavy atom. The van der Waals surface area contributed by atoms with E-state index in [2.05, 4.69) is 46.1 Å². The molecule has 0 saturated heterocycles. The Kier molecular flexibility index (Phi) is 5.85. The lowest BCUT2D eigenvalue weighted by atomic mass is 10.2. The maximum Gasteiger partial charge on any atom is 0.277 e. The van der Waals surface area contributed by atoms with Crippen molar-refractivity contribution in [1.29, 1.82) is 0 Å². The summed E-state index contributed by atoms with van der Waals surface area (Å²) in [6.07, 6.45) is 0. The minimum Gasteiger partial charge on any atom is -0.411 e. The molecule has 0 radical (unpaired) electrons. The van der Waals surface area contributed by atoms with Gasteiger partial charge in [-0.2, -0.15) is 0 Å². The average Bonchev–Trinajstić information content (AvgIpc) is 3.23. The van der Waals surface area contributed by atoms with E-state index in [0.29, 0.717) is 28.2 Å². The Morgan fingerprint density at radius 1 is 1.07 bits per heavy atom. The van der Waals surface area contributed by atoms with Crippen molar-refractivity contribution in [2.24, 2.45) is 0 Å². The van der Waals surface area contributed by atoms with E-state index in [9.17, 15) is 4.79 Å². The molecular formula is C22H23N5O2S. The Balaban J connectivity index is 1.48. The van der Waals surface area contributed by atoms with Crippen molar-refractivity contribution < 1.29 is 4.42 Å². The lowest BCUT2D eigenvalue weighted by molar-refractivity contribution is 0.466. The van der Waals surface area contributed by atoms with E-state index >= 15 is 0 Å². The summed E-state index contributed by atoms with van der Waals surface area (Å²) in [7, 11) is 0. The van der Waals surface area contributed by atoms with Gasteiger partial charge in [-0.1, -0.05) is 17.8 Å². The first-order valence-corrected chi connectivity index (χ1v) is 10.9. The second kappa shape index (κ2) is 8.71. The highest BCUT2D eigenvalue weighted by molar-refractivity contribution is 7.98. The summed E-state index contributed by atoms with van der Waals surface area (Å²) in [6, 6.07) is 15.3. The topological polar surface area (TPSA) is 76.5 Å². The molecule has 0 unspecified atom stereocenters. The SMILES string of the molecule is CCN(CC)c1ccc(-c2nnc(SCc3cc(=O)n4c(C)cccc4n3)o2)cc1. The molecular weight excluding hydrogens is 398 g/mol. The van der Waals surface area contributed by atoms with Crippen LogP contribution in [0.15, 0.2) is 63.0 Å². The van der Waals surface area contributed by atoms with E-state index < -0.39 is 0 Å². The molecule has 0 amide bonds. The summed E-state index contributed by atoms with van der Waals surface area (Å²) >= 11 is 1.37. The number of aromatic nitrogens is 4. The number of hydrogen-bond acceptors (Lipinski definition) is 7. The normalized spacial score (nSPS) is 11.2. The fourth-order valence-electron chi connectivity index (χ4n) is 3.36. The molecule has 0 aliphatic rings. The van der Waals surface area contributed by atoms with E-state index in [-0.39, 0.29) is 5.56 Å². The number of anilines is 1. The molecule has 0 bridgehead atoms. The summed E-state index contributed by atoms with van der Waals surface area (Å²) in [5.74, 6) is 0.952. The van der Waals surface area contributed by atoms with Crippen LogP contribution in [0.3, 0.4) is 0 Å². The van der Waals surface area contributed by atoms with Crippen LogP contribution in [0.5, 0.6) is 0 Å². The molecule has 3 aromatic heterocycles. The second-order valence-corrected chi connectivity index (χ2v) is 7.75. The minimum absolute atomic E-state index is 0.0896.